The molecule has 0 bridgehead atoms. The topological polar surface area (TPSA) is 18.5 Å². The van der Waals surface area contributed by atoms with Crippen molar-refractivity contribution in [2.75, 3.05) is 0 Å². The predicted molar refractivity (Wildman–Crippen MR) is 112 cm³/mol. The van der Waals surface area contributed by atoms with Crippen LogP contribution in [0.1, 0.15) is 48.9 Å². The van der Waals surface area contributed by atoms with Crippen molar-refractivity contribution in [3.63, 3.8) is 0 Å². The van der Waals surface area contributed by atoms with Crippen molar-refractivity contribution in [1.29, 1.82) is 0 Å². The van der Waals surface area contributed by atoms with E-state index in [-0.39, 0.29) is 41.5 Å². The van der Waals surface area contributed by atoms with Gasteiger partial charge in [-0.3, -0.25) is 0 Å². The molecule has 2 aromatic carbocycles. The summed E-state index contributed by atoms with van der Waals surface area (Å²) < 4.78 is 111. The van der Waals surface area contributed by atoms with E-state index in [0.29, 0.717) is 12.5 Å². The molecule has 0 atom stereocenters. The molecule has 182 valence electrons. The minimum atomic E-state index is -4.50. The molecule has 1 aliphatic heterocycles. The van der Waals surface area contributed by atoms with Crippen LogP contribution in [0, 0.1) is 17.5 Å². The Bertz CT molecular complexity index is 1200. The summed E-state index contributed by atoms with van der Waals surface area (Å²) in [6.45, 7) is 9.43. The van der Waals surface area contributed by atoms with Gasteiger partial charge in [0.2, 0.25) is 11.6 Å². The molecule has 0 spiro atoms. The first-order valence-corrected chi connectivity index (χ1v) is 10.4. The summed E-state index contributed by atoms with van der Waals surface area (Å²) in [5, 5.41) is 0. The fourth-order valence-corrected chi connectivity index (χ4v) is 3.48. The van der Waals surface area contributed by atoms with Gasteiger partial charge in [-0.25, -0.2) is 13.2 Å². The first-order valence-electron chi connectivity index (χ1n) is 10.4. The van der Waals surface area contributed by atoms with Crippen LogP contribution in [-0.2, 0) is 23.7 Å². The van der Waals surface area contributed by atoms with E-state index in [2.05, 4.69) is 17.9 Å². The molecule has 0 fully saturated rings. The molecule has 0 aliphatic carbocycles. The molecule has 1 aliphatic rings. The molecule has 0 radical (unpaired) electrons. The van der Waals surface area contributed by atoms with E-state index in [1.165, 1.54) is 13.0 Å². The fraction of sp³-hybridized carbons (Fsp3) is 0.280. The number of hydrogen-bond donors (Lipinski definition) is 0. The number of halogens is 7. The Labute approximate surface area is 192 Å². The minimum absolute atomic E-state index is 0.00171. The van der Waals surface area contributed by atoms with Gasteiger partial charge in [0, 0.05) is 17.5 Å². The number of rotatable bonds is 8. The highest BCUT2D eigenvalue weighted by atomic mass is 19.3. The molecule has 3 rings (SSSR count). The zero-order valence-corrected chi connectivity index (χ0v) is 18.4. The lowest BCUT2D eigenvalue weighted by Gasteiger charge is -2.25. The third-order valence-electron chi connectivity index (χ3n) is 5.34. The first-order chi connectivity index (χ1) is 15.9. The molecule has 0 N–H and O–H groups in total. The van der Waals surface area contributed by atoms with Gasteiger partial charge < -0.3 is 9.47 Å². The average molecular weight is 486 g/mol. The Kier molecular flexibility index (Phi) is 7.14. The lowest BCUT2D eigenvalue weighted by atomic mass is 9.95. The molecule has 0 saturated heterocycles. The standard InChI is InChI=1S/C25H21F7O2/c1-5-7-14-10-16-11-15-8-9-17(21(29)23(15)33-24(16)22(30)20(14)28)25(31,32)34-13(4)19(27)18(26)12(3)6-2/h8-10H,3-7,11H2,1-2H3/b19-18-. The third-order valence-corrected chi connectivity index (χ3v) is 5.34. The number of allylic oxidation sites excluding steroid dienone is 3. The Hall–Kier alpha value is -3.23. The highest BCUT2D eigenvalue weighted by Gasteiger charge is 2.41. The van der Waals surface area contributed by atoms with E-state index in [4.69, 9.17) is 4.74 Å². The van der Waals surface area contributed by atoms with E-state index in [1.807, 2.05) is 0 Å². The van der Waals surface area contributed by atoms with Crippen LogP contribution in [-0.4, -0.2) is 0 Å². The van der Waals surface area contributed by atoms with E-state index in [1.54, 1.807) is 6.92 Å². The molecule has 0 amide bonds. The molecule has 1 heterocycles. The normalized spacial score (nSPS) is 13.4. The number of aryl methyl sites for hydroxylation is 1. The van der Waals surface area contributed by atoms with Gasteiger partial charge >= 0.3 is 6.11 Å². The van der Waals surface area contributed by atoms with Crippen LogP contribution in [0.15, 0.2) is 54.3 Å². The maximum atomic E-state index is 15.0. The highest BCUT2D eigenvalue weighted by Crippen LogP contribution is 2.45. The second kappa shape index (κ2) is 9.56. The van der Waals surface area contributed by atoms with E-state index in [9.17, 15) is 26.3 Å². The largest absolute Gasteiger partial charge is 0.450 e. The summed E-state index contributed by atoms with van der Waals surface area (Å²) >= 11 is 0. The summed E-state index contributed by atoms with van der Waals surface area (Å²) in [5.74, 6) is -10.2. The van der Waals surface area contributed by atoms with Gasteiger partial charge in [0.1, 0.15) is 5.56 Å². The maximum absolute atomic E-state index is 15.0. The van der Waals surface area contributed by atoms with Crippen LogP contribution in [0.25, 0.3) is 0 Å². The molecule has 0 saturated carbocycles. The van der Waals surface area contributed by atoms with Crippen LogP contribution in [0.5, 0.6) is 11.5 Å². The van der Waals surface area contributed by atoms with Crippen LogP contribution >= 0.6 is 0 Å². The van der Waals surface area contributed by atoms with Crippen molar-refractivity contribution in [3.05, 3.63) is 94.0 Å². The van der Waals surface area contributed by atoms with Crippen LogP contribution in [0.2, 0.25) is 0 Å². The summed E-state index contributed by atoms with van der Waals surface area (Å²) in [6.07, 6.45) is -3.79. The Balaban J connectivity index is 1.96. The number of hydrogen-bond acceptors (Lipinski definition) is 2. The first kappa shape index (κ1) is 25.4. The van der Waals surface area contributed by atoms with Crippen molar-refractivity contribution in [3.8, 4) is 11.5 Å². The lowest BCUT2D eigenvalue weighted by Crippen LogP contribution is -2.21. The maximum Gasteiger partial charge on any atom is 0.429 e. The molecule has 0 aromatic heterocycles. The van der Waals surface area contributed by atoms with Gasteiger partial charge in [-0.15, -0.1) is 0 Å². The second-order valence-corrected chi connectivity index (χ2v) is 7.72. The van der Waals surface area contributed by atoms with E-state index >= 15 is 4.39 Å². The quantitative estimate of drug-likeness (QED) is 0.181. The van der Waals surface area contributed by atoms with E-state index < -0.39 is 58.0 Å². The van der Waals surface area contributed by atoms with Crippen molar-refractivity contribution in [1.82, 2.24) is 0 Å². The van der Waals surface area contributed by atoms with Gasteiger partial charge in [-0.1, -0.05) is 39.5 Å². The van der Waals surface area contributed by atoms with Gasteiger partial charge in [0.05, 0.1) is 0 Å². The monoisotopic (exact) mass is 486 g/mol. The van der Waals surface area contributed by atoms with Crippen LogP contribution in [0.4, 0.5) is 30.7 Å². The molecule has 34 heavy (non-hydrogen) atoms. The van der Waals surface area contributed by atoms with Crippen LogP contribution < -0.4 is 4.74 Å². The van der Waals surface area contributed by atoms with Crippen molar-refractivity contribution < 1.29 is 40.2 Å². The zero-order valence-electron chi connectivity index (χ0n) is 18.4. The van der Waals surface area contributed by atoms with Gasteiger partial charge in [-0.2, -0.15) is 17.6 Å². The van der Waals surface area contributed by atoms with Gasteiger partial charge in [0.15, 0.2) is 34.7 Å². The Morgan fingerprint density at radius 2 is 1.62 bits per heavy atom. The van der Waals surface area contributed by atoms with Crippen molar-refractivity contribution >= 4 is 0 Å². The van der Waals surface area contributed by atoms with E-state index in [0.717, 1.165) is 6.07 Å². The minimum Gasteiger partial charge on any atom is -0.450 e. The van der Waals surface area contributed by atoms with Crippen molar-refractivity contribution in [2.45, 2.75) is 45.6 Å². The Morgan fingerprint density at radius 1 is 0.971 bits per heavy atom. The highest BCUT2D eigenvalue weighted by molar-refractivity contribution is 5.54. The molecular formula is C25H21F7O2. The summed E-state index contributed by atoms with van der Waals surface area (Å²) in [4.78, 5) is 0. The number of fused-ring (bicyclic) bond motifs is 2. The smallest absolute Gasteiger partial charge is 0.429 e. The zero-order chi connectivity index (χ0) is 25.4. The Morgan fingerprint density at radius 3 is 2.24 bits per heavy atom. The number of alkyl halides is 2. The second-order valence-electron chi connectivity index (χ2n) is 7.72. The summed E-state index contributed by atoms with van der Waals surface area (Å²) in [7, 11) is 0. The van der Waals surface area contributed by atoms with Crippen LogP contribution in [0.3, 0.4) is 0 Å². The van der Waals surface area contributed by atoms with Crippen molar-refractivity contribution in [2.24, 2.45) is 0 Å². The molecule has 2 nitrogen and oxygen atoms in total. The predicted octanol–water partition coefficient (Wildman–Crippen LogP) is 8.45. The van der Waals surface area contributed by atoms with Gasteiger partial charge in [0.25, 0.3) is 0 Å². The third kappa shape index (κ3) is 4.56. The number of benzene rings is 2. The molecule has 0 unspecified atom stereocenters. The molecule has 2 aromatic rings. The average Bonchev–Trinajstić information content (AvgIpc) is 2.80. The summed E-state index contributed by atoms with van der Waals surface area (Å²) in [5.41, 5.74) is -1.24. The molecule has 9 heteroatoms. The lowest BCUT2D eigenvalue weighted by molar-refractivity contribution is -0.224. The SMILES string of the molecule is C=C(CC)/C(F)=C(/F)C(=C)OC(F)(F)c1ccc2c(c1F)Oc1c(cc(CCC)c(F)c1F)C2. The van der Waals surface area contributed by atoms with Gasteiger partial charge in [-0.05, 0) is 36.1 Å². The summed E-state index contributed by atoms with van der Waals surface area (Å²) in [6, 6.07) is 3.18. The molecular weight excluding hydrogens is 465 g/mol. The number of ether oxygens (including phenoxy) is 2. The fourth-order valence-electron chi connectivity index (χ4n) is 3.48.